The molecular formula is C33H41N3O7S. The number of amides is 1. The number of hydrogen-bond acceptors (Lipinski definition) is 8. The molecule has 1 aromatic heterocycles. The molecule has 1 unspecified atom stereocenters. The van der Waals surface area contributed by atoms with Crippen LogP contribution in [-0.4, -0.2) is 45.0 Å². The Kier molecular flexibility index (Phi) is 13.0. The first kappa shape index (κ1) is 34.4. The summed E-state index contributed by atoms with van der Waals surface area (Å²) in [7, 11) is -2.51. The molecule has 2 atom stereocenters. The van der Waals surface area contributed by atoms with Gasteiger partial charge in [-0.3, -0.25) is 14.4 Å². The first-order chi connectivity index (χ1) is 21.0. The van der Waals surface area contributed by atoms with Gasteiger partial charge >= 0.3 is 5.97 Å². The molecule has 0 saturated carbocycles. The van der Waals surface area contributed by atoms with E-state index >= 15 is 0 Å². The summed E-state index contributed by atoms with van der Waals surface area (Å²) < 4.78 is 31.9. The summed E-state index contributed by atoms with van der Waals surface area (Å²) in [5.74, 6) is -3.23. The Morgan fingerprint density at radius 1 is 0.955 bits per heavy atom. The average molecular weight is 624 g/mol. The molecule has 0 aliphatic rings. The molecule has 3 aromatic rings. The van der Waals surface area contributed by atoms with Crippen molar-refractivity contribution in [1.82, 2.24) is 5.32 Å². The first-order valence-electron chi connectivity index (χ1n) is 14.6. The molecule has 3 rings (SSSR count). The Hall–Kier alpha value is -4.09. The topological polar surface area (TPSA) is 160 Å². The highest BCUT2D eigenvalue weighted by Crippen LogP contribution is 2.18. The van der Waals surface area contributed by atoms with Crippen LogP contribution in [-0.2, 0) is 54.1 Å². The van der Waals surface area contributed by atoms with Crippen molar-refractivity contribution in [2.45, 2.75) is 63.8 Å². The van der Waals surface area contributed by atoms with Crippen LogP contribution in [0.15, 0.2) is 72.9 Å². The van der Waals surface area contributed by atoms with Crippen LogP contribution < -0.4 is 15.8 Å². The normalized spacial score (nSPS) is 12.7. The average Bonchev–Trinajstić information content (AvgIpc) is 3.00. The highest BCUT2D eigenvalue weighted by atomic mass is 32.2. The third kappa shape index (κ3) is 10.9. The smallest absolute Gasteiger partial charge is 0.305 e. The molecule has 44 heavy (non-hydrogen) atoms. The van der Waals surface area contributed by atoms with E-state index in [9.17, 15) is 28.0 Å². The summed E-state index contributed by atoms with van der Waals surface area (Å²) >= 11 is 0. The van der Waals surface area contributed by atoms with Gasteiger partial charge in [-0.05, 0) is 42.9 Å². The monoisotopic (exact) mass is 623 g/mol. The number of methoxy groups -OCH3 is 1. The second-order valence-corrected chi connectivity index (χ2v) is 13.0. The van der Waals surface area contributed by atoms with Gasteiger partial charge in [-0.15, -0.1) is 0 Å². The van der Waals surface area contributed by atoms with Crippen molar-refractivity contribution in [3.05, 3.63) is 106 Å². The molecule has 0 aliphatic heterocycles. The summed E-state index contributed by atoms with van der Waals surface area (Å²) in [6.07, 6.45) is 1.92. The largest absolute Gasteiger partial charge is 0.619 e. The van der Waals surface area contributed by atoms with Crippen LogP contribution in [0.1, 0.15) is 53.6 Å². The third-order valence-electron chi connectivity index (χ3n) is 7.50. The quantitative estimate of drug-likeness (QED) is 0.132. The number of carbonyl (C=O) groups is 3. The number of esters is 1. The number of aryl methyl sites for hydroxylation is 3. The van der Waals surface area contributed by atoms with Crippen LogP contribution in [0.25, 0.3) is 0 Å². The van der Waals surface area contributed by atoms with Crippen LogP contribution >= 0.6 is 0 Å². The van der Waals surface area contributed by atoms with Crippen molar-refractivity contribution in [2.75, 3.05) is 12.9 Å². The Bertz CT molecular complexity index is 1530. The summed E-state index contributed by atoms with van der Waals surface area (Å²) in [6.45, 7) is 2.26. The third-order valence-corrected chi connectivity index (χ3v) is 9.18. The minimum Gasteiger partial charge on any atom is -0.619 e. The summed E-state index contributed by atoms with van der Waals surface area (Å²) in [4.78, 5) is 39.1. The Morgan fingerprint density at radius 2 is 1.68 bits per heavy atom. The maximum absolute atomic E-state index is 13.7. The fraction of sp³-hybridized carbons (Fsp3) is 0.394. The highest BCUT2D eigenvalue weighted by Gasteiger charge is 2.30. The molecule has 0 saturated heterocycles. The predicted octanol–water partition coefficient (Wildman–Crippen LogP) is 2.89. The van der Waals surface area contributed by atoms with Gasteiger partial charge in [0.15, 0.2) is 27.5 Å². The SMILES string of the molecule is COC(=O)CC[C@H](NC(=O)C(CCc1cccc[n+]1[O-])CS(=O)(=O)Cc1ccccc1)C(=O)CCc1cc(C)ccc1CN. The molecule has 10 nitrogen and oxygen atoms in total. The molecule has 0 radical (unpaired) electrons. The minimum absolute atomic E-state index is 0.00244. The second kappa shape index (κ2) is 16.7. The molecule has 0 spiro atoms. The van der Waals surface area contributed by atoms with Gasteiger partial charge in [0.2, 0.25) is 5.91 Å². The van der Waals surface area contributed by atoms with E-state index < -0.39 is 39.4 Å². The fourth-order valence-corrected chi connectivity index (χ4v) is 6.80. The van der Waals surface area contributed by atoms with Crippen molar-refractivity contribution in [2.24, 2.45) is 11.7 Å². The number of nitrogens with two attached hydrogens (primary N) is 1. The Balaban J connectivity index is 1.81. The molecule has 0 bridgehead atoms. The molecule has 0 aliphatic carbocycles. The number of nitrogens with zero attached hydrogens (tertiary/aromatic N) is 1. The summed E-state index contributed by atoms with van der Waals surface area (Å²) in [6, 6.07) is 18.3. The number of nitrogens with one attached hydrogen (secondary N) is 1. The number of pyridine rings is 1. The van der Waals surface area contributed by atoms with Gasteiger partial charge in [-0.2, -0.15) is 4.73 Å². The second-order valence-electron chi connectivity index (χ2n) is 10.9. The number of Topliss-reactive ketones (excluding diaryl/α,β-unsaturated/α-hetero) is 1. The number of ether oxygens (including phenoxy) is 1. The highest BCUT2D eigenvalue weighted by molar-refractivity contribution is 7.90. The lowest BCUT2D eigenvalue weighted by molar-refractivity contribution is -0.614. The fourth-order valence-electron chi connectivity index (χ4n) is 5.05. The lowest BCUT2D eigenvalue weighted by Crippen LogP contribution is -2.46. The standard InChI is InChI=1S/C33H41N3O7S/c1-24-11-12-27(21-34)26(20-24)14-17-31(37)30(16-18-32(38)43-2)35-33(39)28(13-15-29-10-6-7-19-36(29)40)23-44(41,42)22-25-8-4-3-5-9-25/h3-12,19-20,28,30H,13-18,21-23,34H2,1-2H3,(H,35,39)/t28?,30-/m0/s1. The van der Waals surface area contributed by atoms with Crippen molar-refractivity contribution in [3.63, 3.8) is 0 Å². The van der Waals surface area contributed by atoms with Crippen molar-refractivity contribution < 1.29 is 32.3 Å². The van der Waals surface area contributed by atoms with Gasteiger partial charge in [0, 0.05) is 37.9 Å². The van der Waals surface area contributed by atoms with E-state index in [1.54, 1.807) is 48.5 Å². The molecule has 1 heterocycles. The number of carbonyl (C=O) groups excluding carboxylic acids is 3. The molecule has 11 heteroatoms. The van der Waals surface area contributed by atoms with Crippen LogP contribution in [0.4, 0.5) is 0 Å². The van der Waals surface area contributed by atoms with Crippen LogP contribution in [0.3, 0.4) is 0 Å². The molecule has 236 valence electrons. The van der Waals surface area contributed by atoms with Crippen molar-refractivity contribution in [1.29, 1.82) is 0 Å². The van der Waals surface area contributed by atoms with Crippen LogP contribution in [0.5, 0.6) is 0 Å². The van der Waals surface area contributed by atoms with Gasteiger partial charge in [-0.1, -0.05) is 60.2 Å². The van der Waals surface area contributed by atoms with E-state index in [2.05, 4.69) is 5.32 Å². The molecular weight excluding hydrogens is 582 g/mol. The van der Waals surface area contributed by atoms with Gasteiger partial charge in [0.25, 0.3) is 0 Å². The van der Waals surface area contributed by atoms with Crippen LogP contribution in [0, 0.1) is 18.0 Å². The van der Waals surface area contributed by atoms with Gasteiger partial charge < -0.3 is 21.0 Å². The molecule has 0 fully saturated rings. The van der Waals surface area contributed by atoms with Gasteiger partial charge in [-0.25, -0.2) is 8.42 Å². The molecule has 1 amide bonds. The zero-order chi connectivity index (χ0) is 32.1. The van der Waals surface area contributed by atoms with E-state index in [0.29, 0.717) is 29.0 Å². The maximum atomic E-state index is 13.7. The lowest BCUT2D eigenvalue weighted by Gasteiger charge is -2.22. The zero-order valence-corrected chi connectivity index (χ0v) is 26.1. The number of hydrogen-bond donors (Lipinski definition) is 2. The number of ketones is 1. The van der Waals surface area contributed by atoms with E-state index in [-0.39, 0.29) is 43.6 Å². The Labute approximate surface area is 259 Å². The summed E-state index contributed by atoms with van der Waals surface area (Å²) in [5, 5.41) is 15.0. The predicted molar refractivity (Wildman–Crippen MR) is 167 cm³/mol. The van der Waals surface area contributed by atoms with Crippen LogP contribution in [0.2, 0.25) is 0 Å². The number of benzene rings is 2. The molecule has 3 N–H and O–H groups in total. The van der Waals surface area contributed by atoms with E-state index in [1.807, 2.05) is 25.1 Å². The molecule has 2 aromatic carbocycles. The van der Waals surface area contributed by atoms with Crippen molar-refractivity contribution in [3.8, 4) is 0 Å². The Morgan fingerprint density at radius 3 is 2.36 bits per heavy atom. The number of aromatic nitrogens is 1. The van der Waals surface area contributed by atoms with E-state index in [0.717, 1.165) is 16.7 Å². The van der Waals surface area contributed by atoms with Crippen molar-refractivity contribution >= 4 is 27.5 Å². The zero-order valence-electron chi connectivity index (χ0n) is 25.2. The van der Waals surface area contributed by atoms with E-state index in [1.165, 1.54) is 13.3 Å². The lowest BCUT2D eigenvalue weighted by atomic mass is 9.95. The number of rotatable bonds is 17. The first-order valence-corrected chi connectivity index (χ1v) is 16.4. The summed E-state index contributed by atoms with van der Waals surface area (Å²) in [5.41, 5.74) is 9.72. The van der Waals surface area contributed by atoms with E-state index in [4.69, 9.17) is 10.5 Å². The van der Waals surface area contributed by atoms with Gasteiger partial charge in [0.05, 0.1) is 30.6 Å². The maximum Gasteiger partial charge on any atom is 0.305 e. The minimum atomic E-state index is -3.75. The van der Waals surface area contributed by atoms with Gasteiger partial charge in [0.1, 0.15) is 0 Å². The number of sulfone groups is 1.